The summed E-state index contributed by atoms with van der Waals surface area (Å²) in [6.45, 7) is 9.49. The lowest BCUT2D eigenvalue weighted by Crippen LogP contribution is -2.08. The Morgan fingerprint density at radius 1 is 0.800 bits per heavy atom. The normalized spacial score (nSPS) is 23.4. The molecule has 1 saturated carbocycles. The second-order valence-electron chi connectivity index (χ2n) is 8.16. The van der Waals surface area contributed by atoms with Crippen LogP contribution in [0.1, 0.15) is 111 Å². The van der Waals surface area contributed by atoms with Crippen LogP contribution in [0, 0.1) is 17.3 Å². The molecule has 1 aliphatic rings. The molecule has 0 bridgehead atoms. The van der Waals surface area contributed by atoms with Gasteiger partial charge in [0, 0.05) is 0 Å². The monoisotopic (exact) mass is 280 g/mol. The first kappa shape index (κ1) is 18.1. The first-order valence-electron chi connectivity index (χ1n) is 9.57. The summed E-state index contributed by atoms with van der Waals surface area (Å²) in [7, 11) is 0. The van der Waals surface area contributed by atoms with E-state index >= 15 is 0 Å². The number of hydrogen-bond donors (Lipinski definition) is 0. The predicted molar refractivity (Wildman–Crippen MR) is 92.1 cm³/mol. The molecule has 0 N–H and O–H groups in total. The minimum atomic E-state index is 0.581. The lowest BCUT2D eigenvalue weighted by molar-refractivity contribution is 0.304. The lowest BCUT2D eigenvalue weighted by Gasteiger charge is -2.22. The van der Waals surface area contributed by atoms with Gasteiger partial charge >= 0.3 is 0 Å². The van der Waals surface area contributed by atoms with Gasteiger partial charge in [0.05, 0.1) is 0 Å². The Morgan fingerprint density at radius 2 is 1.40 bits per heavy atom. The molecule has 0 heteroatoms. The maximum atomic E-state index is 2.42. The van der Waals surface area contributed by atoms with Crippen LogP contribution in [0.15, 0.2) is 0 Å². The Balaban J connectivity index is 1.98. The number of rotatable bonds is 11. The fourth-order valence-electron chi connectivity index (χ4n) is 3.78. The molecule has 0 saturated heterocycles. The minimum absolute atomic E-state index is 0.581. The summed E-state index contributed by atoms with van der Waals surface area (Å²) in [5.41, 5.74) is 0.581. The van der Waals surface area contributed by atoms with E-state index in [1.165, 1.54) is 77.0 Å². The molecular formula is C20H40. The number of hydrogen-bond acceptors (Lipinski definition) is 0. The summed E-state index contributed by atoms with van der Waals surface area (Å²) in [6, 6.07) is 0. The van der Waals surface area contributed by atoms with E-state index in [4.69, 9.17) is 0 Å². The molecule has 20 heavy (non-hydrogen) atoms. The van der Waals surface area contributed by atoms with Gasteiger partial charge in [-0.2, -0.15) is 0 Å². The van der Waals surface area contributed by atoms with Gasteiger partial charge < -0.3 is 0 Å². The SMILES string of the molecule is CCCCCC1CCC(CCCCCC(C)(C)CC)C1. The van der Waals surface area contributed by atoms with Crippen LogP contribution >= 0.6 is 0 Å². The van der Waals surface area contributed by atoms with Gasteiger partial charge in [0.25, 0.3) is 0 Å². The molecule has 0 nitrogen and oxygen atoms in total. The van der Waals surface area contributed by atoms with E-state index in [9.17, 15) is 0 Å². The molecule has 1 rings (SSSR count). The minimum Gasteiger partial charge on any atom is -0.0654 e. The van der Waals surface area contributed by atoms with E-state index in [0.29, 0.717) is 5.41 Å². The molecule has 1 fully saturated rings. The quantitative estimate of drug-likeness (QED) is 0.346. The molecule has 2 unspecified atom stereocenters. The molecule has 1 aliphatic carbocycles. The van der Waals surface area contributed by atoms with Gasteiger partial charge in [-0.05, 0) is 30.1 Å². The van der Waals surface area contributed by atoms with Crippen molar-refractivity contribution in [3.63, 3.8) is 0 Å². The van der Waals surface area contributed by atoms with Crippen molar-refractivity contribution in [3.8, 4) is 0 Å². The van der Waals surface area contributed by atoms with Crippen molar-refractivity contribution in [1.82, 2.24) is 0 Å². The highest BCUT2D eigenvalue weighted by Gasteiger charge is 2.23. The fourth-order valence-corrected chi connectivity index (χ4v) is 3.78. The number of unbranched alkanes of at least 4 members (excludes halogenated alkanes) is 4. The largest absolute Gasteiger partial charge is 0.0654 e. The van der Waals surface area contributed by atoms with Crippen LogP contribution in [-0.4, -0.2) is 0 Å². The zero-order valence-electron chi connectivity index (χ0n) is 14.8. The summed E-state index contributed by atoms with van der Waals surface area (Å²) < 4.78 is 0. The van der Waals surface area contributed by atoms with Crippen LogP contribution in [-0.2, 0) is 0 Å². The second kappa shape index (κ2) is 9.85. The summed E-state index contributed by atoms with van der Waals surface area (Å²) in [6.07, 6.45) is 19.2. The van der Waals surface area contributed by atoms with Gasteiger partial charge in [0.15, 0.2) is 0 Å². The van der Waals surface area contributed by atoms with Crippen molar-refractivity contribution in [2.45, 2.75) is 111 Å². The van der Waals surface area contributed by atoms with Crippen molar-refractivity contribution >= 4 is 0 Å². The van der Waals surface area contributed by atoms with Crippen molar-refractivity contribution in [1.29, 1.82) is 0 Å². The Labute approximate surface area is 129 Å². The molecule has 120 valence electrons. The highest BCUT2D eigenvalue weighted by molar-refractivity contribution is 4.76. The van der Waals surface area contributed by atoms with Crippen LogP contribution in [0.2, 0.25) is 0 Å². The highest BCUT2D eigenvalue weighted by atomic mass is 14.3. The zero-order chi connectivity index (χ0) is 14.8. The molecule has 0 aliphatic heterocycles. The topological polar surface area (TPSA) is 0 Å². The van der Waals surface area contributed by atoms with E-state index in [0.717, 1.165) is 11.8 Å². The predicted octanol–water partition coefficient (Wildman–Crippen LogP) is 7.37. The van der Waals surface area contributed by atoms with Gasteiger partial charge in [-0.15, -0.1) is 0 Å². The van der Waals surface area contributed by atoms with E-state index < -0.39 is 0 Å². The lowest BCUT2D eigenvalue weighted by atomic mass is 9.84. The molecule has 0 aromatic carbocycles. The maximum Gasteiger partial charge on any atom is -0.0357 e. The standard InChI is InChI=1S/C20H40/c1-5-7-9-12-18-14-15-19(17-18)13-10-8-11-16-20(3,4)6-2/h18-19H,5-17H2,1-4H3. The first-order valence-corrected chi connectivity index (χ1v) is 9.57. The third-order valence-electron chi connectivity index (χ3n) is 5.79. The first-order chi connectivity index (χ1) is 9.57. The molecular weight excluding hydrogens is 240 g/mol. The van der Waals surface area contributed by atoms with Crippen LogP contribution in [0.4, 0.5) is 0 Å². The van der Waals surface area contributed by atoms with Crippen molar-refractivity contribution in [3.05, 3.63) is 0 Å². The highest BCUT2D eigenvalue weighted by Crippen LogP contribution is 2.37. The molecule has 0 amide bonds. The zero-order valence-corrected chi connectivity index (χ0v) is 14.8. The van der Waals surface area contributed by atoms with E-state index in [-0.39, 0.29) is 0 Å². The summed E-state index contributed by atoms with van der Waals surface area (Å²) >= 11 is 0. The van der Waals surface area contributed by atoms with Crippen LogP contribution in [0.5, 0.6) is 0 Å². The van der Waals surface area contributed by atoms with Crippen LogP contribution < -0.4 is 0 Å². The molecule has 0 spiro atoms. The second-order valence-corrected chi connectivity index (χ2v) is 8.16. The van der Waals surface area contributed by atoms with E-state index in [1.54, 1.807) is 6.42 Å². The summed E-state index contributed by atoms with van der Waals surface area (Å²) in [4.78, 5) is 0. The average Bonchev–Trinajstić information content (AvgIpc) is 2.86. The van der Waals surface area contributed by atoms with Gasteiger partial charge in [-0.25, -0.2) is 0 Å². The average molecular weight is 281 g/mol. The molecule has 0 radical (unpaired) electrons. The Kier molecular flexibility index (Phi) is 8.89. The molecule has 0 aromatic rings. The van der Waals surface area contributed by atoms with Gasteiger partial charge in [-0.3, -0.25) is 0 Å². The van der Waals surface area contributed by atoms with Crippen molar-refractivity contribution in [2.24, 2.45) is 17.3 Å². The Bertz CT molecular complexity index is 228. The van der Waals surface area contributed by atoms with Crippen LogP contribution in [0.25, 0.3) is 0 Å². The summed E-state index contributed by atoms with van der Waals surface area (Å²) in [5.74, 6) is 2.17. The third kappa shape index (κ3) is 7.70. The van der Waals surface area contributed by atoms with Crippen LogP contribution in [0.3, 0.4) is 0 Å². The van der Waals surface area contributed by atoms with Gasteiger partial charge in [0.1, 0.15) is 0 Å². The van der Waals surface area contributed by atoms with Crippen molar-refractivity contribution < 1.29 is 0 Å². The maximum absolute atomic E-state index is 2.42. The molecule has 0 heterocycles. The Morgan fingerprint density at radius 3 is 1.95 bits per heavy atom. The van der Waals surface area contributed by atoms with E-state index in [1.807, 2.05) is 0 Å². The summed E-state index contributed by atoms with van der Waals surface area (Å²) in [5, 5.41) is 0. The Hall–Kier alpha value is 0. The third-order valence-corrected chi connectivity index (χ3v) is 5.79. The van der Waals surface area contributed by atoms with Gasteiger partial charge in [-0.1, -0.05) is 98.3 Å². The molecule has 0 aromatic heterocycles. The van der Waals surface area contributed by atoms with Crippen molar-refractivity contribution in [2.75, 3.05) is 0 Å². The smallest absolute Gasteiger partial charge is 0.0357 e. The van der Waals surface area contributed by atoms with Gasteiger partial charge in [0.2, 0.25) is 0 Å². The fraction of sp³-hybridized carbons (Fsp3) is 1.00. The molecule has 2 atom stereocenters. The van der Waals surface area contributed by atoms with E-state index in [2.05, 4.69) is 27.7 Å².